The molecule has 3 aromatic rings. The van der Waals surface area contributed by atoms with Gasteiger partial charge in [-0.3, -0.25) is 0 Å². The molecule has 0 fully saturated rings. The van der Waals surface area contributed by atoms with Crippen LogP contribution >= 0.6 is 17.0 Å². The molecule has 0 amide bonds. The molecular formula is C29H39Cl2Zr-. The van der Waals surface area contributed by atoms with Crippen molar-refractivity contribution in [3.63, 3.8) is 0 Å². The summed E-state index contributed by atoms with van der Waals surface area (Å²) in [6, 6.07) is 16.8. The second kappa shape index (κ2) is 11.3. The summed E-state index contributed by atoms with van der Waals surface area (Å²) in [5.41, 5.74) is 8.85. The number of aryl methyl sites for hydroxylation is 1. The molecule has 0 nitrogen and oxygen atoms in total. The molecule has 0 saturated carbocycles. The van der Waals surface area contributed by atoms with Crippen LogP contribution in [0.5, 0.6) is 0 Å². The van der Waals surface area contributed by atoms with E-state index in [-0.39, 0.29) is 10.8 Å². The molecule has 174 valence electrons. The zero-order valence-electron chi connectivity index (χ0n) is 21.3. The van der Waals surface area contributed by atoms with Gasteiger partial charge in [-0.25, -0.2) is 0 Å². The molecule has 0 aliphatic carbocycles. The standard InChI is InChI=1S/C29H39.2ClH.Zr/c1-10-19(3)22-14-21-13-12-20(11-2)27(26(21)17-22)23-15-24(28(4,5)6)18-25(16-23)29(7,8)9;;;/h12-19H,10-11H2,1-9H3;2*1H;/q-1;;;+2/p-2. The Kier molecular flexibility index (Phi) is 9.79. The van der Waals surface area contributed by atoms with E-state index in [4.69, 9.17) is 17.0 Å². The summed E-state index contributed by atoms with van der Waals surface area (Å²) in [6.45, 7) is 20.8. The molecule has 0 aliphatic heterocycles. The molecule has 0 heterocycles. The van der Waals surface area contributed by atoms with E-state index in [1.807, 2.05) is 0 Å². The van der Waals surface area contributed by atoms with Crippen molar-refractivity contribution in [2.75, 3.05) is 0 Å². The summed E-state index contributed by atoms with van der Waals surface area (Å²) in [4.78, 5) is 0. The van der Waals surface area contributed by atoms with Crippen molar-refractivity contribution < 1.29 is 20.8 Å². The summed E-state index contributed by atoms with van der Waals surface area (Å²) in [5.74, 6) is 0.603. The second-order valence-corrected chi connectivity index (χ2v) is 14.7. The molecule has 0 radical (unpaired) electrons. The molecular weight excluding hydrogens is 510 g/mol. The van der Waals surface area contributed by atoms with Gasteiger partial charge in [0.2, 0.25) is 0 Å². The molecule has 3 rings (SSSR count). The zero-order valence-corrected chi connectivity index (χ0v) is 25.3. The molecule has 0 aliphatic rings. The average Bonchev–Trinajstić information content (AvgIpc) is 3.15. The van der Waals surface area contributed by atoms with Crippen molar-refractivity contribution in [2.24, 2.45) is 0 Å². The summed E-state index contributed by atoms with van der Waals surface area (Å²) < 4.78 is 0. The quantitative estimate of drug-likeness (QED) is 0.284. The van der Waals surface area contributed by atoms with Gasteiger partial charge in [-0.2, -0.15) is 6.07 Å². The minimum atomic E-state index is -0.826. The van der Waals surface area contributed by atoms with E-state index in [1.165, 1.54) is 50.6 Å². The van der Waals surface area contributed by atoms with Crippen LogP contribution in [0.1, 0.15) is 96.9 Å². The van der Waals surface area contributed by atoms with Crippen molar-refractivity contribution in [2.45, 2.75) is 91.9 Å². The summed E-state index contributed by atoms with van der Waals surface area (Å²) in [6.07, 6.45) is 2.24. The van der Waals surface area contributed by atoms with Gasteiger partial charge < -0.3 is 0 Å². The molecule has 3 aromatic carbocycles. The Balaban J connectivity index is 0.00000114. The Hall–Kier alpha value is -0.487. The normalized spacial score (nSPS) is 13.0. The predicted molar refractivity (Wildman–Crippen MR) is 142 cm³/mol. The van der Waals surface area contributed by atoms with E-state index < -0.39 is 20.8 Å². The molecule has 0 bridgehead atoms. The van der Waals surface area contributed by atoms with E-state index in [0.29, 0.717) is 5.92 Å². The van der Waals surface area contributed by atoms with Crippen LogP contribution in [0.4, 0.5) is 0 Å². The van der Waals surface area contributed by atoms with Crippen LogP contribution in [0, 0.1) is 0 Å². The third-order valence-electron chi connectivity index (χ3n) is 6.51. The number of hydrogen-bond acceptors (Lipinski definition) is 0. The maximum absolute atomic E-state index is 4.93. The van der Waals surface area contributed by atoms with Gasteiger partial charge in [-0.1, -0.05) is 98.1 Å². The van der Waals surface area contributed by atoms with Crippen LogP contribution in [-0.4, -0.2) is 0 Å². The van der Waals surface area contributed by atoms with Gasteiger partial charge in [0.05, 0.1) is 0 Å². The molecule has 0 N–H and O–H groups in total. The third kappa shape index (κ3) is 6.55. The molecule has 1 unspecified atom stereocenters. The predicted octanol–water partition coefficient (Wildman–Crippen LogP) is 10.3. The van der Waals surface area contributed by atoms with Gasteiger partial charge >= 0.3 is 37.9 Å². The second-order valence-electron chi connectivity index (χ2n) is 10.9. The monoisotopic (exact) mass is 547 g/mol. The Morgan fingerprint density at radius 2 is 1.41 bits per heavy atom. The van der Waals surface area contributed by atoms with Crippen molar-refractivity contribution in [3.8, 4) is 11.1 Å². The van der Waals surface area contributed by atoms with Crippen LogP contribution in [0.15, 0.2) is 42.5 Å². The number of hydrogen-bond donors (Lipinski definition) is 0. The average molecular weight is 550 g/mol. The first kappa shape index (κ1) is 27.8. The fourth-order valence-electron chi connectivity index (χ4n) is 4.14. The van der Waals surface area contributed by atoms with Crippen molar-refractivity contribution >= 4 is 27.8 Å². The van der Waals surface area contributed by atoms with E-state index in [1.54, 1.807) is 0 Å². The van der Waals surface area contributed by atoms with Crippen LogP contribution in [0.2, 0.25) is 0 Å². The molecule has 3 heteroatoms. The van der Waals surface area contributed by atoms with Gasteiger partial charge in [-0.15, -0.1) is 34.5 Å². The van der Waals surface area contributed by atoms with Gasteiger partial charge in [0.1, 0.15) is 0 Å². The van der Waals surface area contributed by atoms with Crippen LogP contribution in [0.25, 0.3) is 21.9 Å². The van der Waals surface area contributed by atoms with Crippen LogP contribution in [-0.2, 0) is 38.1 Å². The van der Waals surface area contributed by atoms with Gasteiger partial charge in [-0.05, 0) is 39.9 Å². The molecule has 1 atom stereocenters. The van der Waals surface area contributed by atoms with Gasteiger partial charge in [0.25, 0.3) is 0 Å². The Labute approximate surface area is 215 Å². The summed E-state index contributed by atoms with van der Waals surface area (Å²) >= 11 is -0.826. The fraction of sp³-hybridized carbons (Fsp3) is 0.483. The third-order valence-corrected chi connectivity index (χ3v) is 6.51. The van der Waals surface area contributed by atoms with E-state index in [0.717, 1.165) is 6.42 Å². The summed E-state index contributed by atoms with van der Waals surface area (Å²) in [7, 11) is 9.87. The van der Waals surface area contributed by atoms with Crippen LogP contribution < -0.4 is 0 Å². The van der Waals surface area contributed by atoms with Crippen LogP contribution in [0.3, 0.4) is 0 Å². The Morgan fingerprint density at radius 1 is 0.875 bits per heavy atom. The number of rotatable bonds is 4. The first-order valence-electron chi connectivity index (χ1n) is 11.7. The minimum absolute atomic E-state index is 0.129. The van der Waals surface area contributed by atoms with E-state index in [9.17, 15) is 0 Å². The molecule has 0 aromatic heterocycles. The van der Waals surface area contributed by atoms with Gasteiger partial charge in [0, 0.05) is 0 Å². The van der Waals surface area contributed by atoms with Gasteiger partial charge in [0.15, 0.2) is 0 Å². The van der Waals surface area contributed by atoms with E-state index in [2.05, 4.69) is 105 Å². The first-order chi connectivity index (χ1) is 14.9. The van der Waals surface area contributed by atoms with Crippen molar-refractivity contribution in [3.05, 3.63) is 64.7 Å². The summed E-state index contributed by atoms with van der Waals surface area (Å²) in [5, 5.41) is 2.80. The SMILES string of the molecule is CCc1ccc2[cH-]c(C(C)CC)cc2c1-c1cc(C(C)(C)C)cc(C(C)(C)C)c1.[Cl][Zr][Cl]. The number of benzene rings is 2. The fourth-order valence-corrected chi connectivity index (χ4v) is 4.14. The van der Waals surface area contributed by atoms with Crippen molar-refractivity contribution in [1.29, 1.82) is 0 Å². The number of fused-ring (bicyclic) bond motifs is 1. The number of halogens is 2. The van der Waals surface area contributed by atoms with E-state index >= 15 is 0 Å². The zero-order chi connectivity index (χ0) is 24.3. The molecule has 32 heavy (non-hydrogen) atoms. The molecule has 0 saturated heterocycles. The molecule has 0 spiro atoms. The first-order valence-corrected chi connectivity index (χ1v) is 18.0. The Morgan fingerprint density at radius 3 is 1.84 bits per heavy atom. The Bertz CT molecular complexity index is 999. The van der Waals surface area contributed by atoms with Crippen molar-refractivity contribution in [1.82, 2.24) is 0 Å². The topological polar surface area (TPSA) is 0 Å². The maximum atomic E-state index is 4.93.